The molecule has 1 aliphatic carbocycles. The van der Waals surface area contributed by atoms with E-state index in [1.807, 2.05) is 0 Å². The average Bonchev–Trinajstić information content (AvgIpc) is 2.28. The van der Waals surface area contributed by atoms with Crippen LogP contribution in [0.5, 0.6) is 0 Å². The third-order valence-corrected chi connectivity index (χ3v) is 1.96. The number of hydrogen-bond acceptors (Lipinski definition) is 4. The second-order valence-corrected chi connectivity index (χ2v) is 2.73. The molecule has 2 rings (SSSR count). The molecule has 1 N–H and O–H groups in total. The fraction of sp³-hybridized carbons (Fsp3) is 0.250. The molecule has 0 aromatic carbocycles. The zero-order chi connectivity index (χ0) is 8.72. The smallest absolute Gasteiger partial charge is 0.342 e. The Morgan fingerprint density at radius 1 is 1.50 bits per heavy atom. The van der Waals surface area contributed by atoms with E-state index in [-0.39, 0.29) is 11.3 Å². The van der Waals surface area contributed by atoms with E-state index < -0.39 is 17.9 Å². The molecule has 1 unspecified atom stereocenters. The standard InChI is InChI=1S/C8H6O4/c9-4-1-2-5-6(3-4)8(11)12-7(5)10/h1,3,5,9H,2H2. The highest BCUT2D eigenvalue weighted by atomic mass is 16.6. The summed E-state index contributed by atoms with van der Waals surface area (Å²) >= 11 is 0. The van der Waals surface area contributed by atoms with Crippen molar-refractivity contribution in [3.05, 3.63) is 23.5 Å². The molecule has 0 saturated carbocycles. The normalized spacial score (nSPS) is 27.5. The summed E-state index contributed by atoms with van der Waals surface area (Å²) in [5.74, 6) is -1.62. The van der Waals surface area contributed by atoms with Crippen LogP contribution in [0.25, 0.3) is 0 Å². The number of aliphatic hydroxyl groups excluding tert-OH is 1. The zero-order valence-corrected chi connectivity index (χ0v) is 6.11. The van der Waals surface area contributed by atoms with E-state index >= 15 is 0 Å². The lowest BCUT2D eigenvalue weighted by molar-refractivity contribution is -0.152. The summed E-state index contributed by atoms with van der Waals surface area (Å²) in [6.45, 7) is 0. The van der Waals surface area contributed by atoms with Gasteiger partial charge in [0.05, 0.1) is 11.5 Å². The summed E-state index contributed by atoms with van der Waals surface area (Å²) in [6.07, 6.45) is 3.12. The van der Waals surface area contributed by atoms with E-state index in [1.165, 1.54) is 12.2 Å². The van der Waals surface area contributed by atoms with E-state index in [0.29, 0.717) is 6.42 Å². The Kier molecular flexibility index (Phi) is 1.30. The minimum absolute atomic E-state index is 0.0212. The number of hydrogen-bond donors (Lipinski definition) is 1. The maximum absolute atomic E-state index is 10.9. The van der Waals surface area contributed by atoms with Gasteiger partial charge in [0.1, 0.15) is 5.76 Å². The van der Waals surface area contributed by atoms with Crippen molar-refractivity contribution in [2.45, 2.75) is 6.42 Å². The highest BCUT2D eigenvalue weighted by Crippen LogP contribution is 2.30. The van der Waals surface area contributed by atoms with Gasteiger partial charge in [0.25, 0.3) is 0 Å². The SMILES string of the molecule is O=C1OC(=O)C2CC=C(O)C=C12. The van der Waals surface area contributed by atoms with Crippen LogP contribution in [0.1, 0.15) is 6.42 Å². The lowest BCUT2D eigenvalue weighted by atomic mass is 9.93. The summed E-state index contributed by atoms with van der Waals surface area (Å²) in [5, 5.41) is 9.03. The Labute approximate surface area is 68.1 Å². The molecule has 0 amide bonds. The van der Waals surface area contributed by atoms with Crippen molar-refractivity contribution in [2.75, 3.05) is 0 Å². The molecule has 4 heteroatoms. The number of aliphatic hydroxyl groups is 1. The molecule has 4 nitrogen and oxygen atoms in total. The average molecular weight is 166 g/mol. The quantitative estimate of drug-likeness (QED) is 0.419. The Bertz CT molecular complexity index is 324. The van der Waals surface area contributed by atoms with Crippen molar-refractivity contribution in [2.24, 2.45) is 5.92 Å². The monoisotopic (exact) mass is 166 g/mol. The third-order valence-electron chi connectivity index (χ3n) is 1.96. The molecular formula is C8H6O4. The molecule has 2 aliphatic rings. The summed E-state index contributed by atoms with van der Waals surface area (Å²) < 4.78 is 4.37. The number of cyclic esters (lactones) is 2. The molecule has 1 atom stereocenters. The first-order chi connectivity index (χ1) is 5.68. The summed E-state index contributed by atoms with van der Waals surface area (Å²) in [6, 6.07) is 0. The number of ether oxygens (including phenoxy) is 1. The van der Waals surface area contributed by atoms with E-state index in [0.717, 1.165) is 0 Å². The Morgan fingerprint density at radius 3 is 3.00 bits per heavy atom. The minimum atomic E-state index is -0.635. The van der Waals surface area contributed by atoms with Crippen LogP contribution in [0, 0.1) is 5.92 Å². The fourth-order valence-corrected chi connectivity index (χ4v) is 1.33. The molecule has 0 spiro atoms. The number of fused-ring (bicyclic) bond motifs is 1. The van der Waals surface area contributed by atoms with Crippen LogP contribution >= 0.6 is 0 Å². The number of allylic oxidation sites excluding steroid dienone is 2. The lowest BCUT2D eigenvalue weighted by Gasteiger charge is -2.07. The minimum Gasteiger partial charge on any atom is -0.508 e. The first kappa shape index (κ1) is 7.09. The van der Waals surface area contributed by atoms with Crippen LogP contribution in [0.2, 0.25) is 0 Å². The van der Waals surface area contributed by atoms with Crippen molar-refractivity contribution in [3.8, 4) is 0 Å². The maximum Gasteiger partial charge on any atom is 0.342 e. The lowest BCUT2D eigenvalue weighted by Crippen LogP contribution is -2.10. The van der Waals surface area contributed by atoms with E-state index in [2.05, 4.69) is 4.74 Å². The van der Waals surface area contributed by atoms with Crippen molar-refractivity contribution in [3.63, 3.8) is 0 Å². The Morgan fingerprint density at radius 2 is 2.25 bits per heavy atom. The van der Waals surface area contributed by atoms with Crippen molar-refractivity contribution in [1.29, 1.82) is 0 Å². The van der Waals surface area contributed by atoms with E-state index in [9.17, 15) is 9.59 Å². The van der Waals surface area contributed by atoms with Gasteiger partial charge in [-0.15, -0.1) is 0 Å². The van der Waals surface area contributed by atoms with Crippen molar-refractivity contribution in [1.82, 2.24) is 0 Å². The molecule has 1 fully saturated rings. The fourth-order valence-electron chi connectivity index (χ4n) is 1.33. The largest absolute Gasteiger partial charge is 0.508 e. The predicted octanol–water partition coefficient (Wildman–Crippen LogP) is 0.458. The van der Waals surface area contributed by atoms with Crippen LogP contribution in [-0.4, -0.2) is 17.0 Å². The molecule has 1 heterocycles. The molecule has 12 heavy (non-hydrogen) atoms. The van der Waals surface area contributed by atoms with Gasteiger partial charge in [-0.05, 0) is 18.6 Å². The molecule has 0 aromatic heterocycles. The molecule has 1 aliphatic heterocycles. The van der Waals surface area contributed by atoms with E-state index in [4.69, 9.17) is 5.11 Å². The number of esters is 2. The van der Waals surface area contributed by atoms with Gasteiger partial charge in [0.15, 0.2) is 0 Å². The Balaban J connectivity index is 2.42. The molecule has 0 radical (unpaired) electrons. The molecule has 0 bridgehead atoms. The van der Waals surface area contributed by atoms with Gasteiger partial charge in [0, 0.05) is 0 Å². The number of rotatable bonds is 0. The predicted molar refractivity (Wildman–Crippen MR) is 38.0 cm³/mol. The second-order valence-electron chi connectivity index (χ2n) is 2.73. The van der Waals surface area contributed by atoms with Crippen molar-refractivity contribution >= 4 is 11.9 Å². The van der Waals surface area contributed by atoms with Crippen molar-refractivity contribution < 1.29 is 19.4 Å². The first-order valence-corrected chi connectivity index (χ1v) is 3.55. The van der Waals surface area contributed by atoms with Gasteiger partial charge in [-0.2, -0.15) is 0 Å². The van der Waals surface area contributed by atoms with Gasteiger partial charge < -0.3 is 9.84 Å². The van der Waals surface area contributed by atoms with E-state index in [1.54, 1.807) is 0 Å². The molecule has 0 aromatic rings. The molecular weight excluding hydrogens is 160 g/mol. The summed E-state index contributed by atoms with van der Waals surface area (Å²) in [4.78, 5) is 21.8. The highest BCUT2D eigenvalue weighted by molar-refractivity contribution is 6.08. The van der Waals surface area contributed by atoms with Gasteiger partial charge in [-0.1, -0.05) is 0 Å². The summed E-state index contributed by atoms with van der Waals surface area (Å²) in [7, 11) is 0. The summed E-state index contributed by atoms with van der Waals surface area (Å²) in [5.41, 5.74) is 0.264. The van der Waals surface area contributed by atoms with Crippen LogP contribution in [0.15, 0.2) is 23.5 Å². The number of carbonyl (C=O) groups is 2. The molecule has 1 saturated heterocycles. The number of carbonyl (C=O) groups excluding carboxylic acids is 2. The van der Waals surface area contributed by atoms with Crippen LogP contribution in [0.4, 0.5) is 0 Å². The van der Waals surface area contributed by atoms with Crippen LogP contribution < -0.4 is 0 Å². The topological polar surface area (TPSA) is 63.6 Å². The van der Waals surface area contributed by atoms with Gasteiger partial charge in [-0.25, -0.2) is 4.79 Å². The van der Waals surface area contributed by atoms with Gasteiger partial charge in [0.2, 0.25) is 0 Å². The van der Waals surface area contributed by atoms with Crippen LogP contribution in [-0.2, 0) is 14.3 Å². The van der Waals surface area contributed by atoms with Gasteiger partial charge >= 0.3 is 11.9 Å². The Hall–Kier alpha value is -1.58. The van der Waals surface area contributed by atoms with Gasteiger partial charge in [-0.3, -0.25) is 4.79 Å². The van der Waals surface area contributed by atoms with Crippen LogP contribution in [0.3, 0.4) is 0 Å². The highest BCUT2D eigenvalue weighted by Gasteiger charge is 2.39. The second kappa shape index (κ2) is 2.20. The maximum atomic E-state index is 10.9. The third kappa shape index (κ3) is 0.845. The zero-order valence-electron chi connectivity index (χ0n) is 6.11. The molecule has 62 valence electrons. The first-order valence-electron chi connectivity index (χ1n) is 3.55.